The maximum atomic E-state index is 13.2. The highest BCUT2D eigenvalue weighted by molar-refractivity contribution is 5.32. The maximum absolute atomic E-state index is 13.2. The summed E-state index contributed by atoms with van der Waals surface area (Å²) in [5, 5.41) is 0. The molecule has 2 aliphatic rings. The first-order valence-electron chi connectivity index (χ1n) is 7.80. The molecule has 0 aliphatic carbocycles. The lowest BCUT2D eigenvalue weighted by molar-refractivity contribution is -0.140. The molecule has 0 radical (unpaired) electrons. The maximum Gasteiger partial charge on any atom is 0.416 e. The van der Waals surface area contributed by atoms with Crippen LogP contribution < -0.4 is 0 Å². The molecule has 6 heteroatoms. The Balaban J connectivity index is 1.73. The van der Waals surface area contributed by atoms with E-state index in [1.807, 2.05) is 0 Å². The Morgan fingerprint density at radius 2 is 2.00 bits per heavy atom. The Morgan fingerprint density at radius 3 is 2.74 bits per heavy atom. The fourth-order valence-corrected chi connectivity index (χ4v) is 3.08. The molecule has 0 N–H and O–H groups in total. The Labute approximate surface area is 133 Å². The van der Waals surface area contributed by atoms with Crippen molar-refractivity contribution < 1.29 is 22.6 Å². The molecule has 0 saturated carbocycles. The lowest BCUT2D eigenvalue weighted by atomic mass is 10.00. The second-order valence-corrected chi connectivity index (χ2v) is 5.88. The monoisotopic (exact) mass is 327 g/mol. The van der Waals surface area contributed by atoms with Crippen molar-refractivity contribution in [2.75, 3.05) is 39.5 Å². The Bertz CT molecular complexity index is 571. The summed E-state index contributed by atoms with van der Waals surface area (Å²) in [7, 11) is 0. The SMILES string of the molecule is FC(F)(F)c1ccccc1[C@H]1CN(CC2=CCCOC2)CCO1. The molecule has 1 aromatic rings. The van der Waals surface area contributed by atoms with Crippen LogP contribution in [0.2, 0.25) is 0 Å². The molecule has 0 bridgehead atoms. The predicted molar refractivity (Wildman–Crippen MR) is 80.1 cm³/mol. The van der Waals surface area contributed by atoms with Gasteiger partial charge in [-0.2, -0.15) is 13.2 Å². The number of ether oxygens (including phenoxy) is 2. The molecule has 0 aromatic heterocycles. The quantitative estimate of drug-likeness (QED) is 0.794. The molecule has 1 fully saturated rings. The summed E-state index contributed by atoms with van der Waals surface area (Å²) in [5.41, 5.74) is 0.812. The molecule has 3 nitrogen and oxygen atoms in total. The highest BCUT2D eigenvalue weighted by Crippen LogP contribution is 2.36. The van der Waals surface area contributed by atoms with Gasteiger partial charge in [0.1, 0.15) is 0 Å². The lowest BCUT2D eigenvalue weighted by Crippen LogP contribution is -2.40. The Morgan fingerprint density at radius 1 is 1.17 bits per heavy atom. The molecule has 2 aliphatic heterocycles. The van der Waals surface area contributed by atoms with E-state index < -0.39 is 17.8 Å². The van der Waals surface area contributed by atoms with Crippen LogP contribution in [0.25, 0.3) is 0 Å². The second kappa shape index (κ2) is 7.03. The van der Waals surface area contributed by atoms with Gasteiger partial charge in [0.05, 0.1) is 31.5 Å². The minimum atomic E-state index is -4.36. The van der Waals surface area contributed by atoms with Crippen LogP contribution in [-0.4, -0.2) is 44.4 Å². The standard InChI is InChI=1S/C17H20F3NO2/c18-17(19,20)15-6-2-1-5-14(15)16-11-21(7-9-23-16)10-13-4-3-8-22-12-13/h1-2,4-6,16H,3,7-12H2/t16-/m1/s1. The van der Waals surface area contributed by atoms with E-state index >= 15 is 0 Å². The highest BCUT2D eigenvalue weighted by atomic mass is 19.4. The number of nitrogens with zero attached hydrogens (tertiary/aromatic N) is 1. The van der Waals surface area contributed by atoms with E-state index in [1.54, 1.807) is 6.07 Å². The molecule has 2 heterocycles. The van der Waals surface area contributed by atoms with Gasteiger partial charge in [0, 0.05) is 19.6 Å². The summed E-state index contributed by atoms with van der Waals surface area (Å²) in [6, 6.07) is 5.68. The first-order chi connectivity index (χ1) is 11.0. The molecule has 0 unspecified atom stereocenters. The van der Waals surface area contributed by atoms with Crippen LogP contribution in [0.3, 0.4) is 0 Å². The third-order valence-corrected chi connectivity index (χ3v) is 4.17. The number of hydrogen-bond acceptors (Lipinski definition) is 3. The molecular formula is C17H20F3NO2. The summed E-state index contributed by atoms with van der Waals surface area (Å²) in [6.07, 6.45) is -1.84. The van der Waals surface area contributed by atoms with Crippen molar-refractivity contribution >= 4 is 0 Å². The van der Waals surface area contributed by atoms with Crippen molar-refractivity contribution in [3.05, 3.63) is 47.0 Å². The summed E-state index contributed by atoms with van der Waals surface area (Å²) in [6.45, 7) is 3.71. The van der Waals surface area contributed by atoms with Gasteiger partial charge in [-0.1, -0.05) is 24.3 Å². The topological polar surface area (TPSA) is 21.7 Å². The fourth-order valence-electron chi connectivity index (χ4n) is 3.08. The number of halogens is 3. The number of rotatable bonds is 3. The van der Waals surface area contributed by atoms with Gasteiger partial charge in [0.25, 0.3) is 0 Å². The third-order valence-electron chi connectivity index (χ3n) is 4.17. The summed E-state index contributed by atoms with van der Waals surface area (Å²) in [4.78, 5) is 2.14. The molecule has 126 valence electrons. The summed E-state index contributed by atoms with van der Waals surface area (Å²) in [5.74, 6) is 0. The molecule has 0 amide bonds. The zero-order valence-electron chi connectivity index (χ0n) is 12.8. The molecule has 1 aromatic carbocycles. The van der Waals surface area contributed by atoms with E-state index in [9.17, 15) is 13.2 Å². The van der Waals surface area contributed by atoms with Crippen LogP contribution >= 0.6 is 0 Å². The Hall–Kier alpha value is -1.37. The smallest absolute Gasteiger partial charge is 0.377 e. The van der Waals surface area contributed by atoms with Crippen LogP contribution in [0.4, 0.5) is 13.2 Å². The number of benzene rings is 1. The van der Waals surface area contributed by atoms with Gasteiger partial charge in [0.15, 0.2) is 0 Å². The number of hydrogen-bond donors (Lipinski definition) is 0. The normalized spacial score (nSPS) is 23.6. The van der Waals surface area contributed by atoms with Gasteiger partial charge in [-0.05, 0) is 23.6 Å². The molecule has 1 saturated heterocycles. The summed E-state index contributed by atoms with van der Waals surface area (Å²) < 4.78 is 50.6. The van der Waals surface area contributed by atoms with E-state index in [0.29, 0.717) is 19.8 Å². The Kier molecular flexibility index (Phi) is 5.04. The minimum Gasteiger partial charge on any atom is -0.377 e. The molecular weight excluding hydrogens is 307 g/mol. The second-order valence-electron chi connectivity index (χ2n) is 5.88. The van der Waals surface area contributed by atoms with E-state index in [-0.39, 0.29) is 5.56 Å². The summed E-state index contributed by atoms with van der Waals surface area (Å²) >= 11 is 0. The first kappa shape index (κ1) is 16.5. The van der Waals surface area contributed by atoms with Gasteiger partial charge in [-0.25, -0.2) is 0 Å². The van der Waals surface area contributed by atoms with Crippen molar-refractivity contribution in [2.45, 2.75) is 18.7 Å². The fraction of sp³-hybridized carbons (Fsp3) is 0.529. The zero-order valence-corrected chi connectivity index (χ0v) is 12.8. The molecule has 0 spiro atoms. The highest BCUT2D eigenvalue weighted by Gasteiger charge is 2.36. The van der Waals surface area contributed by atoms with Crippen molar-refractivity contribution in [1.82, 2.24) is 4.90 Å². The van der Waals surface area contributed by atoms with Gasteiger partial charge in [-0.3, -0.25) is 4.90 Å². The first-order valence-corrected chi connectivity index (χ1v) is 7.80. The van der Waals surface area contributed by atoms with Crippen LogP contribution in [0, 0.1) is 0 Å². The average molecular weight is 327 g/mol. The third kappa shape index (κ3) is 4.13. The van der Waals surface area contributed by atoms with E-state index in [1.165, 1.54) is 17.7 Å². The molecule has 23 heavy (non-hydrogen) atoms. The van der Waals surface area contributed by atoms with Crippen LogP contribution in [0.15, 0.2) is 35.9 Å². The van der Waals surface area contributed by atoms with Crippen LogP contribution in [-0.2, 0) is 15.7 Å². The van der Waals surface area contributed by atoms with Crippen LogP contribution in [0.1, 0.15) is 23.7 Å². The zero-order chi connectivity index (χ0) is 16.3. The average Bonchev–Trinajstić information content (AvgIpc) is 2.55. The van der Waals surface area contributed by atoms with Gasteiger partial charge in [0.2, 0.25) is 0 Å². The number of morpholine rings is 1. The van der Waals surface area contributed by atoms with Gasteiger partial charge >= 0.3 is 6.18 Å². The van der Waals surface area contributed by atoms with Crippen molar-refractivity contribution in [2.24, 2.45) is 0 Å². The number of alkyl halides is 3. The predicted octanol–water partition coefficient (Wildman–Crippen LogP) is 3.43. The van der Waals surface area contributed by atoms with E-state index in [2.05, 4.69) is 11.0 Å². The molecule has 1 atom stereocenters. The van der Waals surface area contributed by atoms with Crippen molar-refractivity contribution in [3.8, 4) is 0 Å². The lowest BCUT2D eigenvalue weighted by Gasteiger charge is -2.35. The molecule has 3 rings (SSSR count). The van der Waals surface area contributed by atoms with Crippen LogP contribution in [0.5, 0.6) is 0 Å². The van der Waals surface area contributed by atoms with Crippen molar-refractivity contribution in [1.29, 1.82) is 0 Å². The van der Waals surface area contributed by atoms with E-state index in [0.717, 1.165) is 32.2 Å². The minimum absolute atomic E-state index is 0.221. The van der Waals surface area contributed by atoms with Crippen molar-refractivity contribution in [3.63, 3.8) is 0 Å². The van der Waals surface area contributed by atoms with E-state index in [4.69, 9.17) is 9.47 Å². The van der Waals surface area contributed by atoms with Gasteiger partial charge in [-0.15, -0.1) is 0 Å². The largest absolute Gasteiger partial charge is 0.416 e. The van der Waals surface area contributed by atoms with Gasteiger partial charge < -0.3 is 9.47 Å².